The van der Waals surface area contributed by atoms with Gasteiger partial charge in [0.15, 0.2) is 5.65 Å². The number of hydrogen-bond donors (Lipinski definition) is 0. The van der Waals surface area contributed by atoms with Gasteiger partial charge in [0.05, 0.1) is 24.1 Å². The third-order valence-corrected chi connectivity index (χ3v) is 3.87. The van der Waals surface area contributed by atoms with E-state index in [1.165, 1.54) is 6.33 Å². The van der Waals surface area contributed by atoms with Crippen LogP contribution in [0.2, 0.25) is 0 Å². The summed E-state index contributed by atoms with van der Waals surface area (Å²) in [6.07, 6.45) is 16.8. The highest BCUT2D eigenvalue weighted by Gasteiger charge is 1.90. The average molecular weight is 393 g/mol. The van der Waals surface area contributed by atoms with Gasteiger partial charge in [-0.3, -0.25) is 19.9 Å². The van der Waals surface area contributed by atoms with Gasteiger partial charge in [-0.25, -0.2) is 15.0 Å². The molecule has 0 aromatic carbocycles. The van der Waals surface area contributed by atoms with E-state index in [2.05, 4.69) is 45.1 Å². The predicted octanol–water partition coefficient (Wildman–Crippen LogP) is 3.07. The first-order valence-corrected chi connectivity index (χ1v) is 8.93. The third kappa shape index (κ3) is 4.84. The molecule has 0 radical (unpaired) electrons. The molecule has 0 saturated carbocycles. The van der Waals surface area contributed by atoms with Crippen LogP contribution in [0.4, 0.5) is 0 Å². The Morgan fingerprint density at radius 3 is 2.13 bits per heavy atom. The summed E-state index contributed by atoms with van der Waals surface area (Å²) in [5, 5.41) is 9.64. The summed E-state index contributed by atoms with van der Waals surface area (Å²) < 4.78 is 0. The van der Waals surface area contributed by atoms with Gasteiger partial charge in [0, 0.05) is 48.0 Å². The molecule has 0 saturated heterocycles. The molecule has 6 aromatic heterocycles. The molecular weight excluding hydrogens is 378 g/mol. The Labute approximate surface area is 171 Å². The van der Waals surface area contributed by atoms with E-state index in [0.29, 0.717) is 0 Å². The lowest BCUT2D eigenvalue weighted by atomic mass is 10.3. The molecular formula is C21H15N9. The van der Waals surface area contributed by atoms with E-state index in [1.807, 2.05) is 30.3 Å². The zero-order valence-corrected chi connectivity index (χ0v) is 15.7. The van der Waals surface area contributed by atoms with Gasteiger partial charge in [0.1, 0.15) is 17.4 Å². The highest BCUT2D eigenvalue weighted by atomic mass is 15.1. The quantitative estimate of drug-likeness (QED) is 0.384. The maximum atomic E-state index is 4.08. The van der Waals surface area contributed by atoms with E-state index in [-0.39, 0.29) is 0 Å². The minimum absolute atomic E-state index is 0.748. The fraction of sp³-hybridized carbons (Fsp3) is 0. The van der Waals surface area contributed by atoms with Gasteiger partial charge >= 0.3 is 0 Å². The average Bonchev–Trinajstić information content (AvgIpc) is 2.85. The summed E-state index contributed by atoms with van der Waals surface area (Å²) >= 11 is 0. The largest absolute Gasteiger partial charge is 0.262 e. The maximum absolute atomic E-state index is 4.08. The summed E-state index contributed by atoms with van der Waals surface area (Å²) in [6, 6.07) is 9.45. The Kier molecular flexibility index (Phi) is 6.02. The van der Waals surface area contributed by atoms with Crippen LogP contribution in [-0.4, -0.2) is 45.1 Å². The molecule has 0 N–H and O–H groups in total. The molecule has 0 aliphatic heterocycles. The molecule has 0 aliphatic rings. The molecule has 0 atom stereocenters. The second kappa shape index (κ2) is 9.60. The van der Waals surface area contributed by atoms with Crippen molar-refractivity contribution in [3.05, 3.63) is 92.4 Å². The minimum atomic E-state index is 0.748. The van der Waals surface area contributed by atoms with Crippen LogP contribution in [0.3, 0.4) is 0 Å². The summed E-state index contributed by atoms with van der Waals surface area (Å²) in [5.74, 6) is 0. The van der Waals surface area contributed by atoms with Crippen LogP contribution in [0, 0.1) is 0 Å². The maximum Gasteiger partial charge on any atom is 0.162 e. The first-order valence-electron chi connectivity index (χ1n) is 8.93. The van der Waals surface area contributed by atoms with Crippen molar-refractivity contribution in [1.29, 1.82) is 0 Å². The number of aromatic nitrogens is 9. The molecule has 144 valence electrons. The van der Waals surface area contributed by atoms with Crippen LogP contribution in [0.25, 0.3) is 33.0 Å². The van der Waals surface area contributed by atoms with Gasteiger partial charge in [0.2, 0.25) is 0 Å². The third-order valence-electron chi connectivity index (χ3n) is 3.87. The van der Waals surface area contributed by atoms with Crippen molar-refractivity contribution in [2.45, 2.75) is 0 Å². The Hall–Kier alpha value is -4.53. The molecule has 6 aromatic rings. The molecule has 0 amide bonds. The number of pyridine rings is 3. The zero-order valence-electron chi connectivity index (χ0n) is 15.7. The highest BCUT2D eigenvalue weighted by Crippen LogP contribution is 2.05. The van der Waals surface area contributed by atoms with E-state index < -0.39 is 0 Å². The van der Waals surface area contributed by atoms with Crippen molar-refractivity contribution in [2.24, 2.45) is 0 Å². The summed E-state index contributed by atoms with van der Waals surface area (Å²) in [7, 11) is 0. The van der Waals surface area contributed by atoms with Crippen LogP contribution >= 0.6 is 0 Å². The zero-order chi connectivity index (χ0) is 20.4. The van der Waals surface area contributed by atoms with E-state index in [1.54, 1.807) is 55.8 Å². The number of nitrogens with zero attached hydrogens (tertiary/aromatic N) is 9. The van der Waals surface area contributed by atoms with Crippen molar-refractivity contribution < 1.29 is 0 Å². The van der Waals surface area contributed by atoms with E-state index in [9.17, 15) is 0 Å². The summed E-state index contributed by atoms with van der Waals surface area (Å²) in [6.45, 7) is 0. The molecule has 0 unspecified atom stereocenters. The predicted molar refractivity (Wildman–Crippen MR) is 112 cm³/mol. The highest BCUT2D eigenvalue weighted by molar-refractivity contribution is 5.76. The molecule has 0 aliphatic carbocycles. The van der Waals surface area contributed by atoms with Crippen molar-refractivity contribution in [3.8, 4) is 0 Å². The lowest BCUT2D eigenvalue weighted by molar-refractivity contribution is 1.07. The fourth-order valence-corrected chi connectivity index (χ4v) is 2.46. The van der Waals surface area contributed by atoms with Crippen LogP contribution in [0.1, 0.15) is 0 Å². The Bertz CT molecular complexity index is 1010. The van der Waals surface area contributed by atoms with E-state index >= 15 is 0 Å². The van der Waals surface area contributed by atoms with Gasteiger partial charge in [-0.2, -0.15) is 5.10 Å². The second-order valence-electron chi connectivity index (χ2n) is 5.83. The topological polar surface area (TPSA) is 116 Å². The standard InChI is InChI=1S/3C7H5N3/c1-3-8-5-7-6(1)2-4-9-10-7;1-2-8-5-7-6(1)9-3-4-10-7;1-2-6-4-8-5-10-7(6)9-3-1/h3*1-5H. The van der Waals surface area contributed by atoms with Gasteiger partial charge in [-0.1, -0.05) is 0 Å². The van der Waals surface area contributed by atoms with E-state index in [0.717, 1.165) is 33.0 Å². The first kappa shape index (κ1) is 18.8. The lowest BCUT2D eigenvalue weighted by Gasteiger charge is -1.90. The molecule has 6 heterocycles. The number of hydrogen-bond acceptors (Lipinski definition) is 9. The van der Waals surface area contributed by atoms with Crippen LogP contribution in [0.5, 0.6) is 0 Å². The normalized spacial score (nSPS) is 10.0. The smallest absolute Gasteiger partial charge is 0.162 e. The molecule has 0 spiro atoms. The Morgan fingerprint density at radius 2 is 1.30 bits per heavy atom. The fourth-order valence-electron chi connectivity index (χ4n) is 2.46. The number of rotatable bonds is 0. The van der Waals surface area contributed by atoms with Gasteiger partial charge in [-0.05, 0) is 30.3 Å². The molecule has 0 bridgehead atoms. The van der Waals surface area contributed by atoms with Crippen molar-refractivity contribution >= 4 is 33.0 Å². The van der Waals surface area contributed by atoms with Crippen molar-refractivity contribution in [2.75, 3.05) is 0 Å². The van der Waals surface area contributed by atoms with Crippen molar-refractivity contribution in [1.82, 2.24) is 45.1 Å². The monoisotopic (exact) mass is 393 g/mol. The summed E-state index contributed by atoms with van der Waals surface area (Å²) in [5.41, 5.74) is 3.31. The Balaban J connectivity index is 0.000000109. The van der Waals surface area contributed by atoms with Crippen LogP contribution < -0.4 is 0 Å². The van der Waals surface area contributed by atoms with Crippen LogP contribution in [-0.2, 0) is 0 Å². The lowest BCUT2D eigenvalue weighted by Crippen LogP contribution is -1.82. The number of fused-ring (bicyclic) bond motifs is 3. The summed E-state index contributed by atoms with van der Waals surface area (Å²) in [4.78, 5) is 27.8. The second-order valence-corrected chi connectivity index (χ2v) is 5.83. The molecule has 0 fully saturated rings. The molecule has 6 rings (SSSR count). The van der Waals surface area contributed by atoms with Gasteiger partial charge in [0.25, 0.3) is 0 Å². The minimum Gasteiger partial charge on any atom is -0.262 e. The molecule has 9 nitrogen and oxygen atoms in total. The molecule has 30 heavy (non-hydrogen) atoms. The molecule has 9 heteroatoms. The van der Waals surface area contributed by atoms with Gasteiger partial charge < -0.3 is 0 Å². The van der Waals surface area contributed by atoms with Crippen LogP contribution in [0.15, 0.2) is 92.4 Å². The SMILES string of the molecule is c1cc2ccnnc2cn1.c1cc2nccnc2cn1.c1cnc2ncncc2c1. The van der Waals surface area contributed by atoms with Gasteiger partial charge in [-0.15, -0.1) is 5.10 Å². The Morgan fingerprint density at radius 1 is 0.500 bits per heavy atom. The first-order chi connectivity index (χ1) is 14.9. The van der Waals surface area contributed by atoms with E-state index in [4.69, 9.17) is 0 Å². The van der Waals surface area contributed by atoms with Crippen molar-refractivity contribution in [3.63, 3.8) is 0 Å².